The zero-order valence-corrected chi connectivity index (χ0v) is 14.5. The Balaban J connectivity index is 2.05. The van der Waals surface area contributed by atoms with Crippen LogP contribution in [0.5, 0.6) is 5.75 Å². The lowest BCUT2D eigenvalue weighted by Gasteiger charge is -2.12. The van der Waals surface area contributed by atoms with E-state index in [9.17, 15) is 4.79 Å². The first-order valence-corrected chi connectivity index (χ1v) is 8.24. The smallest absolute Gasteiger partial charge is 0.244 e. The van der Waals surface area contributed by atoms with Gasteiger partial charge < -0.3 is 10.1 Å². The van der Waals surface area contributed by atoms with E-state index < -0.39 is 0 Å². The van der Waals surface area contributed by atoms with Crippen molar-refractivity contribution in [3.63, 3.8) is 0 Å². The fourth-order valence-electron chi connectivity index (χ4n) is 2.92. The molecule has 0 spiro atoms. The van der Waals surface area contributed by atoms with Crippen LogP contribution in [-0.2, 0) is 11.2 Å². The Kier molecular flexibility index (Phi) is 5.14. The Morgan fingerprint density at radius 2 is 1.72 bits per heavy atom. The number of fused-ring (bicyclic) bond motifs is 1. The van der Waals surface area contributed by atoms with Crippen LogP contribution in [0.1, 0.15) is 11.1 Å². The molecule has 1 N–H and O–H groups in total. The van der Waals surface area contributed by atoms with Crippen molar-refractivity contribution >= 4 is 22.3 Å². The molecule has 0 aliphatic carbocycles. The average molecular weight is 331 g/mol. The SMILES string of the molecule is CNC(=O)/C=C(\Cc1ccc(OC)cc1)c1cccc2ccccc12. The largest absolute Gasteiger partial charge is 0.497 e. The van der Waals surface area contributed by atoms with E-state index in [2.05, 4.69) is 29.6 Å². The van der Waals surface area contributed by atoms with E-state index in [-0.39, 0.29) is 5.91 Å². The van der Waals surface area contributed by atoms with Crippen LogP contribution in [0, 0.1) is 0 Å². The highest BCUT2D eigenvalue weighted by molar-refractivity contribution is 6.01. The molecule has 0 aliphatic rings. The molecular weight excluding hydrogens is 310 g/mol. The summed E-state index contributed by atoms with van der Waals surface area (Å²) in [7, 11) is 3.30. The fraction of sp³-hybridized carbons (Fsp3) is 0.136. The van der Waals surface area contributed by atoms with Gasteiger partial charge in [0.1, 0.15) is 5.75 Å². The Morgan fingerprint density at radius 1 is 1.00 bits per heavy atom. The quantitative estimate of drug-likeness (QED) is 0.711. The van der Waals surface area contributed by atoms with Crippen LogP contribution in [0.3, 0.4) is 0 Å². The van der Waals surface area contributed by atoms with Crippen molar-refractivity contribution < 1.29 is 9.53 Å². The summed E-state index contributed by atoms with van der Waals surface area (Å²) in [4.78, 5) is 12.0. The Bertz CT molecular complexity index is 905. The van der Waals surface area contributed by atoms with Crippen molar-refractivity contribution in [1.29, 1.82) is 0 Å². The summed E-state index contributed by atoms with van der Waals surface area (Å²) in [6.07, 6.45) is 2.36. The minimum Gasteiger partial charge on any atom is -0.497 e. The molecule has 3 heteroatoms. The van der Waals surface area contributed by atoms with E-state index in [1.807, 2.05) is 42.5 Å². The van der Waals surface area contributed by atoms with Crippen LogP contribution < -0.4 is 10.1 Å². The first kappa shape index (κ1) is 16.8. The van der Waals surface area contributed by atoms with Gasteiger partial charge in [-0.2, -0.15) is 0 Å². The maximum absolute atomic E-state index is 12.0. The fourth-order valence-corrected chi connectivity index (χ4v) is 2.92. The number of rotatable bonds is 5. The molecule has 126 valence electrons. The van der Waals surface area contributed by atoms with Gasteiger partial charge in [0.05, 0.1) is 7.11 Å². The second-order valence-electron chi connectivity index (χ2n) is 5.84. The number of nitrogens with one attached hydrogen (secondary N) is 1. The predicted octanol–water partition coefficient (Wildman–Crippen LogP) is 4.22. The first-order valence-electron chi connectivity index (χ1n) is 8.24. The van der Waals surface area contributed by atoms with Crippen molar-refractivity contribution in [2.75, 3.05) is 14.2 Å². The van der Waals surface area contributed by atoms with Gasteiger partial charge in [0, 0.05) is 13.1 Å². The summed E-state index contributed by atoms with van der Waals surface area (Å²) in [5.41, 5.74) is 3.20. The van der Waals surface area contributed by atoms with Gasteiger partial charge in [-0.15, -0.1) is 0 Å². The van der Waals surface area contributed by atoms with Gasteiger partial charge in [-0.25, -0.2) is 0 Å². The first-order chi connectivity index (χ1) is 12.2. The van der Waals surface area contributed by atoms with Gasteiger partial charge >= 0.3 is 0 Å². The molecule has 0 saturated heterocycles. The van der Waals surface area contributed by atoms with E-state index in [1.165, 1.54) is 0 Å². The molecule has 0 bridgehead atoms. The third kappa shape index (κ3) is 3.89. The second kappa shape index (κ2) is 7.67. The topological polar surface area (TPSA) is 38.3 Å². The van der Waals surface area contributed by atoms with Crippen LogP contribution in [0.15, 0.2) is 72.8 Å². The molecule has 0 saturated carbocycles. The highest BCUT2D eigenvalue weighted by atomic mass is 16.5. The number of methoxy groups -OCH3 is 1. The van der Waals surface area contributed by atoms with E-state index in [0.717, 1.165) is 33.2 Å². The number of ether oxygens (including phenoxy) is 1. The lowest BCUT2D eigenvalue weighted by molar-refractivity contribution is -0.116. The van der Waals surface area contributed by atoms with Gasteiger partial charge in [-0.1, -0.05) is 54.6 Å². The van der Waals surface area contributed by atoms with Crippen molar-refractivity contribution in [2.24, 2.45) is 0 Å². The number of amides is 1. The summed E-state index contributed by atoms with van der Waals surface area (Å²) in [6.45, 7) is 0. The molecule has 0 heterocycles. The van der Waals surface area contributed by atoms with Gasteiger partial charge in [-0.05, 0) is 46.0 Å². The number of carbonyl (C=O) groups is 1. The monoisotopic (exact) mass is 331 g/mol. The van der Waals surface area contributed by atoms with Gasteiger partial charge in [0.2, 0.25) is 5.91 Å². The van der Waals surface area contributed by atoms with E-state index >= 15 is 0 Å². The maximum Gasteiger partial charge on any atom is 0.244 e. The molecule has 3 nitrogen and oxygen atoms in total. The zero-order valence-electron chi connectivity index (χ0n) is 14.5. The van der Waals surface area contributed by atoms with E-state index in [4.69, 9.17) is 4.74 Å². The zero-order chi connectivity index (χ0) is 17.6. The van der Waals surface area contributed by atoms with E-state index in [1.54, 1.807) is 20.2 Å². The minimum absolute atomic E-state index is 0.101. The molecular formula is C22H21NO2. The number of allylic oxidation sites excluding steroid dienone is 1. The molecule has 0 atom stereocenters. The molecule has 0 aliphatic heterocycles. The molecule has 0 aromatic heterocycles. The number of benzene rings is 3. The molecule has 0 unspecified atom stereocenters. The summed E-state index contributed by atoms with van der Waals surface area (Å²) < 4.78 is 5.22. The molecule has 0 radical (unpaired) electrons. The summed E-state index contributed by atoms with van der Waals surface area (Å²) in [5, 5.41) is 4.99. The van der Waals surface area contributed by atoms with Crippen molar-refractivity contribution in [3.05, 3.63) is 83.9 Å². The standard InChI is InChI=1S/C22H21NO2/c1-23-22(24)15-18(14-16-10-12-19(25-2)13-11-16)21-9-5-7-17-6-3-4-8-20(17)21/h3-13,15H,14H2,1-2H3,(H,23,24)/b18-15+. The van der Waals surface area contributed by atoms with Crippen molar-refractivity contribution in [1.82, 2.24) is 5.32 Å². The summed E-state index contributed by atoms with van der Waals surface area (Å²) >= 11 is 0. The lowest BCUT2D eigenvalue weighted by Crippen LogP contribution is -2.15. The van der Waals surface area contributed by atoms with Crippen molar-refractivity contribution in [3.8, 4) is 5.75 Å². The molecule has 3 aromatic carbocycles. The molecule has 25 heavy (non-hydrogen) atoms. The van der Waals surface area contributed by atoms with Crippen LogP contribution in [-0.4, -0.2) is 20.1 Å². The molecule has 3 rings (SSSR count). The molecule has 3 aromatic rings. The number of hydrogen-bond donors (Lipinski definition) is 1. The number of hydrogen-bond acceptors (Lipinski definition) is 2. The summed E-state index contributed by atoms with van der Waals surface area (Å²) in [6, 6.07) is 22.4. The highest BCUT2D eigenvalue weighted by Crippen LogP contribution is 2.28. The second-order valence-corrected chi connectivity index (χ2v) is 5.84. The van der Waals surface area contributed by atoms with Crippen molar-refractivity contribution in [2.45, 2.75) is 6.42 Å². The average Bonchev–Trinajstić information content (AvgIpc) is 2.67. The third-order valence-electron chi connectivity index (χ3n) is 4.24. The maximum atomic E-state index is 12.0. The third-order valence-corrected chi connectivity index (χ3v) is 4.24. The van der Waals surface area contributed by atoms with Gasteiger partial charge in [0.15, 0.2) is 0 Å². The summed E-state index contributed by atoms with van der Waals surface area (Å²) in [5.74, 6) is 0.724. The van der Waals surface area contributed by atoms with E-state index in [0.29, 0.717) is 6.42 Å². The minimum atomic E-state index is -0.101. The highest BCUT2D eigenvalue weighted by Gasteiger charge is 2.09. The molecule has 0 fully saturated rings. The number of likely N-dealkylation sites (N-methyl/N-ethyl adjacent to an activating group) is 1. The Labute approximate surface area is 147 Å². The number of carbonyl (C=O) groups excluding carboxylic acids is 1. The predicted molar refractivity (Wildman–Crippen MR) is 103 cm³/mol. The Hall–Kier alpha value is -3.07. The van der Waals surface area contributed by atoms with Crippen LogP contribution >= 0.6 is 0 Å². The van der Waals surface area contributed by atoms with Crippen LogP contribution in [0.25, 0.3) is 16.3 Å². The lowest BCUT2D eigenvalue weighted by atomic mass is 9.93. The Morgan fingerprint density at radius 3 is 2.44 bits per heavy atom. The van der Waals surface area contributed by atoms with Gasteiger partial charge in [0.25, 0.3) is 0 Å². The van der Waals surface area contributed by atoms with Crippen LogP contribution in [0.2, 0.25) is 0 Å². The van der Waals surface area contributed by atoms with Crippen LogP contribution in [0.4, 0.5) is 0 Å². The normalized spacial score (nSPS) is 11.4. The molecule has 1 amide bonds. The van der Waals surface area contributed by atoms with Gasteiger partial charge in [-0.3, -0.25) is 4.79 Å².